The summed E-state index contributed by atoms with van der Waals surface area (Å²) in [5.41, 5.74) is 5.09. The van der Waals surface area contributed by atoms with Gasteiger partial charge in [0.25, 0.3) is 0 Å². The molecule has 0 bridgehead atoms. The Balaban J connectivity index is 0.000000143. The summed E-state index contributed by atoms with van der Waals surface area (Å²) >= 11 is -1.44. The minimum Gasteiger partial charge on any atom is -0.252 e. The average molecular weight is 604 g/mol. The second-order valence-corrected chi connectivity index (χ2v) is 10.4. The van der Waals surface area contributed by atoms with Gasteiger partial charge < -0.3 is 0 Å². The summed E-state index contributed by atoms with van der Waals surface area (Å²) in [4.78, 5) is 18.7. The predicted molar refractivity (Wildman–Crippen MR) is 169 cm³/mol. The van der Waals surface area contributed by atoms with Gasteiger partial charge >= 0.3 is 22.5 Å². The smallest absolute Gasteiger partial charge is 0.0971 e. The molecule has 2 aromatic heterocycles. The molecule has 0 atom stereocenters. The van der Waals surface area contributed by atoms with Crippen molar-refractivity contribution < 1.29 is 22.5 Å². The van der Waals surface area contributed by atoms with Gasteiger partial charge in [0, 0.05) is 40.1 Å². The van der Waals surface area contributed by atoms with Gasteiger partial charge in [-0.1, -0.05) is 110 Å². The SMILES string of the molecule is CCCCc1cnc2c3ccccc3c3ccccc3c2n1.[O]=[Mn]=[O].c1ccc2c(c1)c1ccccc1c1nccnc21. The molecule has 0 spiro atoms. The molecule has 0 saturated carbocycles. The summed E-state index contributed by atoms with van der Waals surface area (Å²) in [6.45, 7) is 2.21. The van der Waals surface area contributed by atoms with Crippen molar-refractivity contribution in [2.45, 2.75) is 26.2 Å². The molecule has 0 aliphatic heterocycles. The van der Waals surface area contributed by atoms with E-state index in [0.717, 1.165) is 40.6 Å². The van der Waals surface area contributed by atoms with E-state index in [1.165, 1.54) is 49.5 Å². The average Bonchev–Trinajstić information content (AvgIpc) is 3.08. The topological polar surface area (TPSA) is 85.7 Å². The van der Waals surface area contributed by atoms with Gasteiger partial charge in [-0.2, -0.15) is 0 Å². The normalized spacial score (nSPS) is 10.9. The third kappa shape index (κ3) is 5.53. The summed E-state index contributed by atoms with van der Waals surface area (Å²) in [5.74, 6) is 0. The predicted octanol–water partition coefficient (Wildman–Crippen LogP) is 8.97. The maximum atomic E-state index is 8.41. The van der Waals surface area contributed by atoms with Gasteiger partial charge in [0.2, 0.25) is 0 Å². The first-order chi connectivity index (χ1) is 21.2. The molecule has 6 nitrogen and oxygen atoms in total. The number of rotatable bonds is 3. The molecule has 8 rings (SSSR count). The van der Waals surface area contributed by atoms with Crippen molar-refractivity contribution in [3.05, 3.63) is 121 Å². The zero-order chi connectivity index (χ0) is 29.6. The van der Waals surface area contributed by atoms with Crippen LogP contribution in [0.25, 0.3) is 65.2 Å². The second-order valence-electron chi connectivity index (χ2n) is 10.2. The van der Waals surface area contributed by atoms with Gasteiger partial charge in [-0.3, -0.25) is 15.0 Å². The van der Waals surface area contributed by atoms with Gasteiger partial charge in [-0.05, 0) is 34.4 Å². The number of aromatic nitrogens is 4. The largest absolute Gasteiger partial charge is 0.252 e. The summed E-state index contributed by atoms with van der Waals surface area (Å²) in [6.07, 6.45) is 8.79. The van der Waals surface area contributed by atoms with Gasteiger partial charge in [0.15, 0.2) is 0 Å². The number of hydrogen-bond donors (Lipinski definition) is 0. The molecule has 43 heavy (non-hydrogen) atoms. The Bertz CT molecular complexity index is 2030. The van der Waals surface area contributed by atoms with E-state index in [0.29, 0.717) is 0 Å². The first kappa shape index (κ1) is 28.3. The molecule has 211 valence electrons. The minimum atomic E-state index is -1.44. The molecule has 7 heteroatoms. The summed E-state index contributed by atoms with van der Waals surface area (Å²) in [5, 5.41) is 9.70. The van der Waals surface area contributed by atoms with Gasteiger partial charge in [-0.25, -0.2) is 4.98 Å². The minimum absolute atomic E-state index is 0.979. The standard InChI is InChI=1S/C20H18N2.C16H10N2.Mn.2O/c1-2-3-8-14-13-21-19-17-11-6-4-9-15(17)16-10-5-7-12-18(16)20(19)22-14;1-3-7-13-11(5-1)12-6-2-4-8-14(12)16-15(13)17-9-10-18-16;;;/h4-7,9-13H,2-3,8H2,1H3;1-10H;;;. The Labute approximate surface area is 254 Å². The van der Waals surface area contributed by atoms with Gasteiger partial charge in [0.05, 0.1) is 27.8 Å². The van der Waals surface area contributed by atoms with Gasteiger partial charge in [0.1, 0.15) is 0 Å². The van der Waals surface area contributed by atoms with E-state index in [9.17, 15) is 0 Å². The van der Waals surface area contributed by atoms with E-state index in [2.05, 4.69) is 102 Å². The maximum absolute atomic E-state index is 8.41. The van der Waals surface area contributed by atoms with Crippen molar-refractivity contribution in [3.63, 3.8) is 0 Å². The van der Waals surface area contributed by atoms with E-state index in [1.54, 1.807) is 12.4 Å². The quantitative estimate of drug-likeness (QED) is 0.148. The van der Waals surface area contributed by atoms with Crippen LogP contribution in [-0.4, -0.2) is 19.9 Å². The number of unbranched alkanes of at least 4 members (excludes halogenated alkanes) is 1. The first-order valence-corrected chi connectivity index (χ1v) is 15.2. The number of nitrogens with zero attached hydrogens (tertiary/aromatic N) is 4. The van der Waals surface area contributed by atoms with E-state index >= 15 is 0 Å². The van der Waals surface area contributed by atoms with Crippen LogP contribution in [0.3, 0.4) is 0 Å². The Hall–Kier alpha value is -4.84. The van der Waals surface area contributed by atoms with Crippen LogP contribution in [0.1, 0.15) is 25.5 Å². The van der Waals surface area contributed by atoms with Crippen LogP contribution >= 0.6 is 0 Å². The summed E-state index contributed by atoms with van der Waals surface area (Å²) in [7, 11) is 0. The summed E-state index contributed by atoms with van der Waals surface area (Å²) < 4.78 is 16.8. The van der Waals surface area contributed by atoms with E-state index in [-0.39, 0.29) is 0 Å². The van der Waals surface area contributed by atoms with Crippen LogP contribution in [-0.2, 0) is 28.9 Å². The Morgan fingerprint density at radius 3 is 1.26 bits per heavy atom. The van der Waals surface area contributed by atoms with Crippen LogP contribution in [0.5, 0.6) is 0 Å². The fourth-order valence-corrected chi connectivity index (χ4v) is 5.72. The van der Waals surface area contributed by atoms with Crippen molar-refractivity contribution in [3.8, 4) is 0 Å². The summed E-state index contributed by atoms with van der Waals surface area (Å²) in [6, 6.07) is 33.7. The van der Waals surface area contributed by atoms with Crippen LogP contribution in [0.2, 0.25) is 0 Å². The number of aryl methyl sites for hydroxylation is 1. The second kappa shape index (κ2) is 13.0. The van der Waals surface area contributed by atoms with Crippen LogP contribution in [0.4, 0.5) is 0 Å². The third-order valence-corrected chi connectivity index (χ3v) is 7.62. The molecular formula is C36H28MnN4O2. The zero-order valence-corrected chi connectivity index (χ0v) is 24.8. The molecule has 6 aromatic carbocycles. The fourth-order valence-electron chi connectivity index (χ4n) is 5.72. The van der Waals surface area contributed by atoms with E-state index < -0.39 is 14.8 Å². The maximum Gasteiger partial charge on any atom is 0.0971 e. The zero-order valence-electron chi connectivity index (χ0n) is 23.6. The number of hydrogen-bond acceptors (Lipinski definition) is 6. The third-order valence-electron chi connectivity index (χ3n) is 7.62. The molecule has 8 aromatic rings. The molecule has 0 saturated heterocycles. The molecule has 0 amide bonds. The number of fused-ring (bicyclic) bond motifs is 12. The van der Waals surface area contributed by atoms with Crippen molar-refractivity contribution in [2.24, 2.45) is 0 Å². The fraction of sp³-hybridized carbons (Fsp3) is 0.111. The monoisotopic (exact) mass is 603 g/mol. The molecule has 0 aliphatic carbocycles. The molecule has 0 N–H and O–H groups in total. The number of benzene rings is 6. The van der Waals surface area contributed by atoms with Crippen molar-refractivity contribution in [1.29, 1.82) is 0 Å². The van der Waals surface area contributed by atoms with Crippen molar-refractivity contribution in [1.82, 2.24) is 19.9 Å². The van der Waals surface area contributed by atoms with Gasteiger partial charge in [-0.15, -0.1) is 0 Å². The molecule has 0 unspecified atom stereocenters. The molecule has 0 fully saturated rings. The molecular weight excluding hydrogens is 575 g/mol. The first-order valence-electron chi connectivity index (χ1n) is 14.2. The molecule has 2 heterocycles. The Morgan fingerprint density at radius 2 is 0.860 bits per heavy atom. The van der Waals surface area contributed by atoms with Crippen molar-refractivity contribution in [2.75, 3.05) is 0 Å². The Morgan fingerprint density at radius 1 is 0.512 bits per heavy atom. The van der Waals surface area contributed by atoms with E-state index in [4.69, 9.17) is 17.6 Å². The molecule has 0 aliphatic rings. The van der Waals surface area contributed by atoms with E-state index in [1.807, 2.05) is 18.3 Å². The van der Waals surface area contributed by atoms with Crippen LogP contribution < -0.4 is 0 Å². The Kier molecular flexibility index (Phi) is 8.54. The van der Waals surface area contributed by atoms with Crippen LogP contribution in [0.15, 0.2) is 116 Å². The van der Waals surface area contributed by atoms with Crippen LogP contribution in [0, 0.1) is 0 Å². The van der Waals surface area contributed by atoms with Crippen molar-refractivity contribution >= 4 is 65.2 Å². The molecule has 0 radical (unpaired) electrons.